The third-order valence-electron chi connectivity index (χ3n) is 5.28. The number of benzene rings is 1. The highest BCUT2D eigenvalue weighted by molar-refractivity contribution is 6.19. The maximum absolute atomic E-state index is 12.9. The zero-order valence-electron chi connectivity index (χ0n) is 16.8. The molecule has 1 aromatic carbocycles. The molecule has 0 unspecified atom stereocenters. The van der Waals surface area contributed by atoms with Gasteiger partial charge in [0.2, 0.25) is 0 Å². The van der Waals surface area contributed by atoms with E-state index in [4.69, 9.17) is 4.52 Å². The molecule has 0 N–H and O–H groups in total. The fourth-order valence-corrected chi connectivity index (χ4v) is 3.63. The van der Waals surface area contributed by atoms with Gasteiger partial charge in [-0.15, -0.1) is 0 Å². The molecule has 0 radical (unpaired) electrons. The van der Waals surface area contributed by atoms with Gasteiger partial charge in [-0.2, -0.15) is 5.10 Å². The van der Waals surface area contributed by atoms with E-state index in [1.165, 1.54) is 16.7 Å². The van der Waals surface area contributed by atoms with Crippen molar-refractivity contribution in [1.29, 1.82) is 0 Å². The van der Waals surface area contributed by atoms with Gasteiger partial charge in [0.05, 0.1) is 24.1 Å². The molecule has 1 saturated heterocycles. The van der Waals surface area contributed by atoms with Gasteiger partial charge in [-0.25, -0.2) is 9.69 Å². The second kappa shape index (κ2) is 7.54. The SMILES string of the molecule is CCc1ccccc1CN1CC(=O)N(c2cnn(Cc3c(C)noc3C)c2)C1=O. The number of imide groups is 1. The van der Waals surface area contributed by atoms with E-state index in [2.05, 4.69) is 17.2 Å². The van der Waals surface area contributed by atoms with E-state index in [0.29, 0.717) is 18.8 Å². The first-order valence-corrected chi connectivity index (χ1v) is 9.60. The fraction of sp³-hybridized carbons (Fsp3) is 0.333. The molecular weight excluding hydrogens is 370 g/mol. The first-order valence-electron chi connectivity index (χ1n) is 9.60. The van der Waals surface area contributed by atoms with Crippen molar-refractivity contribution < 1.29 is 14.1 Å². The van der Waals surface area contributed by atoms with Crippen molar-refractivity contribution in [1.82, 2.24) is 19.8 Å². The van der Waals surface area contributed by atoms with E-state index in [9.17, 15) is 9.59 Å². The summed E-state index contributed by atoms with van der Waals surface area (Å²) in [6, 6.07) is 7.67. The average molecular weight is 393 g/mol. The number of rotatable bonds is 6. The highest BCUT2D eigenvalue weighted by atomic mass is 16.5. The first-order chi connectivity index (χ1) is 14.0. The second-order valence-electron chi connectivity index (χ2n) is 7.19. The number of hydrogen-bond acceptors (Lipinski definition) is 5. The summed E-state index contributed by atoms with van der Waals surface area (Å²) < 4.78 is 6.86. The Balaban J connectivity index is 1.52. The van der Waals surface area contributed by atoms with Crippen LogP contribution in [-0.4, -0.2) is 38.3 Å². The Hall–Kier alpha value is -3.42. The zero-order valence-corrected chi connectivity index (χ0v) is 16.8. The lowest BCUT2D eigenvalue weighted by molar-refractivity contribution is -0.116. The van der Waals surface area contributed by atoms with Crippen molar-refractivity contribution >= 4 is 17.6 Å². The third kappa shape index (κ3) is 3.53. The average Bonchev–Trinajstić information content (AvgIpc) is 3.37. The second-order valence-corrected chi connectivity index (χ2v) is 7.19. The molecule has 3 heterocycles. The maximum Gasteiger partial charge on any atom is 0.332 e. The summed E-state index contributed by atoms with van der Waals surface area (Å²) in [6.07, 6.45) is 4.12. The molecule has 1 aliphatic rings. The molecule has 150 valence electrons. The van der Waals surface area contributed by atoms with Crippen molar-refractivity contribution in [2.24, 2.45) is 0 Å². The molecule has 0 bridgehead atoms. The number of urea groups is 1. The van der Waals surface area contributed by atoms with Crippen LogP contribution in [0.15, 0.2) is 41.2 Å². The van der Waals surface area contributed by atoms with Crippen LogP contribution >= 0.6 is 0 Å². The van der Waals surface area contributed by atoms with Crippen LogP contribution in [0, 0.1) is 13.8 Å². The van der Waals surface area contributed by atoms with Crippen LogP contribution in [0.25, 0.3) is 0 Å². The van der Waals surface area contributed by atoms with Gasteiger partial charge >= 0.3 is 6.03 Å². The van der Waals surface area contributed by atoms with E-state index < -0.39 is 0 Å². The lowest BCUT2D eigenvalue weighted by atomic mass is 10.1. The molecule has 3 amide bonds. The summed E-state index contributed by atoms with van der Waals surface area (Å²) in [5.74, 6) is 0.481. The Kier molecular flexibility index (Phi) is 4.92. The van der Waals surface area contributed by atoms with Gasteiger partial charge in [0.15, 0.2) is 0 Å². The van der Waals surface area contributed by atoms with E-state index in [1.807, 2.05) is 38.1 Å². The molecule has 0 atom stereocenters. The number of carbonyl (C=O) groups excluding carboxylic acids is 2. The molecule has 29 heavy (non-hydrogen) atoms. The van der Waals surface area contributed by atoms with Crippen molar-refractivity contribution in [3.05, 3.63) is 64.8 Å². The zero-order chi connectivity index (χ0) is 20.5. The summed E-state index contributed by atoms with van der Waals surface area (Å²) in [5, 5.41) is 8.25. The Morgan fingerprint density at radius 3 is 2.55 bits per heavy atom. The Labute approximate surface area is 168 Å². The highest BCUT2D eigenvalue weighted by Gasteiger charge is 2.38. The minimum Gasteiger partial charge on any atom is -0.361 e. The molecular formula is C21H23N5O3. The predicted molar refractivity (Wildman–Crippen MR) is 106 cm³/mol. The normalized spacial score (nSPS) is 14.3. The molecule has 4 rings (SSSR count). The molecule has 0 saturated carbocycles. The van der Waals surface area contributed by atoms with Gasteiger partial charge in [0.1, 0.15) is 12.3 Å². The molecule has 2 aromatic heterocycles. The largest absolute Gasteiger partial charge is 0.361 e. The van der Waals surface area contributed by atoms with Crippen molar-refractivity contribution in [3.63, 3.8) is 0 Å². The van der Waals surface area contributed by atoms with Crippen molar-refractivity contribution in [2.45, 2.75) is 40.3 Å². The van der Waals surface area contributed by atoms with Gasteiger partial charge < -0.3 is 9.42 Å². The number of aromatic nitrogens is 3. The van der Waals surface area contributed by atoms with E-state index >= 15 is 0 Å². The molecule has 1 fully saturated rings. The molecule has 8 nitrogen and oxygen atoms in total. The highest BCUT2D eigenvalue weighted by Crippen LogP contribution is 2.24. The van der Waals surface area contributed by atoms with Crippen LogP contribution in [0.4, 0.5) is 10.5 Å². The number of amides is 3. The lowest BCUT2D eigenvalue weighted by Gasteiger charge is -2.17. The van der Waals surface area contributed by atoms with Crippen LogP contribution in [0.2, 0.25) is 0 Å². The smallest absolute Gasteiger partial charge is 0.332 e. The van der Waals surface area contributed by atoms with Crippen LogP contribution < -0.4 is 4.90 Å². The lowest BCUT2D eigenvalue weighted by Crippen LogP contribution is -2.32. The number of hydrogen-bond donors (Lipinski definition) is 0. The van der Waals surface area contributed by atoms with Gasteiger partial charge in [0, 0.05) is 18.3 Å². The molecule has 1 aliphatic heterocycles. The van der Waals surface area contributed by atoms with Gasteiger partial charge in [-0.1, -0.05) is 36.3 Å². The summed E-state index contributed by atoms with van der Waals surface area (Å²) in [4.78, 5) is 28.3. The van der Waals surface area contributed by atoms with Gasteiger partial charge in [0.25, 0.3) is 5.91 Å². The van der Waals surface area contributed by atoms with E-state index in [0.717, 1.165) is 29.0 Å². The number of carbonyl (C=O) groups is 2. The Bertz CT molecular complexity index is 1050. The summed E-state index contributed by atoms with van der Waals surface area (Å²) >= 11 is 0. The molecule has 0 spiro atoms. The minimum atomic E-state index is -0.321. The van der Waals surface area contributed by atoms with Crippen molar-refractivity contribution in [3.8, 4) is 0 Å². The molecule has 0 aliphatic carbocycles. The summed E-state index contributed by atoms with van der Waals surface area (Å²) in [5.41, 5.74) is 4.45. The van der Waals surface area contributed by atoms with Crippen LogP contribution in [-0.2, 0) is 24.3 Å². The molecule has 8 heteroatoms. The maximum atomic E-state index is 12.9. The first kappa shape index (κ1) is 18.9. The van der Waals surface area contributed by atoms with E-state index in [-0.39, 0.29) is 18.5 Å². The fourth-order valence-electron chi connectivity index (χ4n) is 3.63. The standard InChI is InChI=1S/C21H23N5O3/c1-4-16-7-5-6-8-17(16)10-24-13-20(27)26(21(24)28)18-9-22-25(11-18)12-19-14(2)23-29-15(19)3/h5-9,11H,4,10,12-13H2,1-3H3. The van der Waals surface area contributed by atoms with Gasteiger partial charge in [-0.05, 0) is 31.4 Å². The number of aryl methyl sites for hydroxylation is 3. The quantitative estimate of drug-likeness (QED) is 0.601. The van der Waals surface area contributed by atoms with Crippen LogP contribution in [0.5, 0.6) is 0 Å². The Morgan fingerprint density at radius 2 is 1.86 bits per heavy atom. The van der Waals surface area contributed by atoms with Gasteiger partial charge in [-0.3, -0.25) is 9.48 Å². The van der Waals surface area contributed by atoms with Crippen LogP contribution in [0.1, 0.15) is 35.1 Å². The van der Waals surface area contributed by atoms with E-state index in [1.54, 1.807) is 15.8 Å². The topological polar surface area (TPSA) is 84.5 Å². The summed E-state index contributed by atoms with van der Waals surface area (Å²) in [7, 11) is 0. The summed E-state index contributed by atoms with van der Waals surface area (Å²) in [6.45, 7) is 6.74. The number of nitrogens with zero attached hydrogens (tertiary/aromatic N) is 5. The number of anilines is 1. The monoisotopic (exact) mass is 393 g/mol. The van der Waals surface area contributed by atoms with Crippen molar-refractivity contribution in [2.75, 3.05) is 11.4 Å². The molecule has 3 aromatic rings. The Morgan fingerprint density at radius 1 is 1.10 bits per heavy atom. The van der Waals surface area contributed by atoms with Crippen LogP contribution in [0.3, 0.4) is 0 Å². The minimum absolute atomic E-state index is 0.0614. The third-order valence-corrected chi connectivity index (χ3v) is 5.28. The predicted octanol–water partition coefficient (Wildman–Crippen LogP) is 3.07.